The molecule has 4 nitrogen and oxygen atoms in total. The molecule has 0 aliphatic heterocycles. The molecule has 0 unspecified atom stereocenters. The molecule has 16 heavy (non-hydrogen) atoms. The Hall–Kier alpha value is -1.20. The number of aryl methyl sites for hydroxylation is 1. The van der Waals surface area contributed by atoms with Gasteiger partial charge in [0.15, 0.2) is 0 Å². The number of thiophene rings is 1. The van der Waals surface area contributed by atoms with Gasteiger partial charge in [0.25, 0.3) is 0 Å². The minimum absolute atomic E-state index is 0.342. The van der Waals surface area contributed by atoms with Crippen LogP contribution < -0.4 is 0 Å². The molecule has 0 N–H and O–H groups in total. The van der Waals surface area contributed by atoms with Gasteiger partial charge in [-0.2, -0.15) is 0 Å². The van der Waals surface area contributed by atoms with E-state index in [4.69, 9.17) is 16.3 Å². The predicted octanol–water partition coefficient (Wildman–Crippen LogP) is 2.83. The first-order valence-electron chi connectivity index (χ1n) is 4.71. The predicted molar refractivity (Wildman–Crippen MR) is 63.1 cm³/mol. The van der Waals surface area contributed by atoms with E-state index in [0.29, 0.717) is 22.8 Å². The van der Waals surface area contributed by atoms with Gasteiger partial charge in [-0.3, -0.25) is 0 Å². The van der Waals surface area contributed by atoms with Crippen molar-refractivity contribution in [2.75, 3.05) is 6.61 Å². The van der Waals surface area contributed by atoms with E-state index in [9.17, 15) is 4.79 Å². The fourth-order valence-electron chi connectivity index (χ4n) is 1.44. The van der Waals surface area contributed by atoms with Crippen LogP contribution in [-0.4, -0.2) is 22.5 Å². The normalized spacial score (nSPS) is 10.7. The molecule has 0 bridgehead atoms. The molecule has 0 atom stereocenters. The van der Waals surface area contributed by atoms with Crippen molar-refractivity contribution in [3.63, 3.8) is 0 Å². The number of nitrogens with zero attached hydrogens (tertiary/aromatic N) is 2. The number of rotatable bonds is 2. The molecule has 0 aliphatic carbocycles. The number of hydrogen-bond donors (Lipinski definition) is 0. The van der Waals surface area contributed by atoms with Crippen LogP contribution in [0.25, 0.3) is 10.2 Å². The van der Waals surface area contributed by atoms with E-state index in [1.165, 1.54) is 17.7 Å². The van der Waals surface area contributed by atoms with Crippen molar-refractivity contribution in [1.29, 1.82) is 0 Å². The summed E-state index contributed by atoms with van der Waals surface area (Å²) in [7, 11) is 0. The summed E-state index contributed by atoms with van der Waals surface area (Å²) in [6.07, 6.45) is 1.35. The lowest BCUT2D eigenvalue weighted by Gasteiger charge is -2.00. The molecule has 2 rings (SSSR count). The van der Waals surface area contributed by atoms with Crippen molar-refractivity contribution >= 4 is 39.1 Å². The largest absolute Gasteiger partial charge is 0.462 e. The highest BCUT2D eigenvalue weighted by molar-refractivity contribution is 7.20. The highest BCUT2D eigenvalue weighted by Crippen LogP contribution is 2.33. The Morgan fingerprint density at radius 3 is 3.00 bits per heavy atom. The summed E-state index contributed by atoms with van der Waals surface area (Å²) in [4.78, 5) is 20.5. The minimum atomic E-state index is -0.360. The number of hydrogen-bond acceptors (Lipinski definition) is 5. The van der Waals surface area contributed by atoms with Gasteiger partial charge in [-0.1, -0.05) is 11.6 Å². The van der Waals surface area contributed by atoms with Crippen LogP contribution in [0, 0.1) is 6.92 Å². The molecule has 0 aliphatic rings. The summed E-state index contributed by atoms with van der Waals surface area (Å²) in [5, 5.41) is 0.369. The number of halogens is 1. The quantitative estimate of drug-likeness (QED) is 0.612. The fourth-order valence-corrected chi connectivity index (χ4v) is 2.66. The molecule has 0 spiro atoms. The summed E-state index contributed by atoms with van der Waals surface area (Å²) in [6, 6.07) is 0. The van der Waals surface area contributed by atoms with E-state index >= 15 is 0 Å². The lowest BCUT2D eigenvalue weighted by atomic mass is 10.2. The van der Waals surface area contributed by atoms with E-state index in [0.717, 1.165) is 9.58 Å². The van der Waals surface area contributed by atoms with Crippen LogP contribution in [0.4, 0.5) is 0 Å². The fraction of sp³-hybridized carbons (Fsp3) is 0.300. The molecule has 6 heteroatoms. The van der Waals surface area contributed by atoms with E-state index in [1.54, 1.807) is 6.92 Å². The third kappa shape index (κ3) is 1.76. The molecule has 0 aromatic carbocycles. The molecule has 2 heterocycles. The maximum Gasteiger partial charge on any atom is 0.341 e. The number of ether oxygens (including phenoxy) is 1. The molecule has 84 valence electrons. The van der Waals surface area contributed by atoms with Gasteiger partial charge >= 0.3 is 5.97 Å². The van der Waals surface area contributed by atoms with Gasteiger partial charge in [-0.15, -0.1) is 11.3 Å². The topological polar surface area (TPSA) is 52.1 Å². The van der Waals surface area contributed by atoms with Crippen molar-refractivity contribution in [1.82, 2.24) is 9.97 Å². The summed E-state index contributed by atoms with van der Waals surface area (Å²) < 4.78 is 5.71. The van der Waals surface area contributed by atoms with Gasteiger partial charge in [0.2, 0.25) is 0 Å². The second kappa shape index (κ2) is 4.35. The molecule has 0 fully saturated rings. The molecule has 0 saturated carbocycles. The van der Waals surface area contributed by atoms with E-state index in [2.05, 4.69) is 9.97 Å². The summed E-state index contributed by atoms with van der Waals surface area (Å²) in [6.45, 7) is 3.95. The van der Waals surface area contributed by atoms with Gasteiger partial charge in [0.05, 0.1) is 16.9 Å². The summed E-state index contributed by atoms with van der Waals surface area (Å²) >= 11 is 7.33. The Labute approximate surface area is 101 Å². The number of fused-ring (bicyclic) bond motifs is 1. The monoisotopic (exact) mass is 256 g/mol. The number of carbonyl (C=O) groups excluding carboxylic acids is 1. The SMILES string of the molecule is CCOC(=O)c1c(C)sc2c(Cl)ncnc12. The van der Waals surface area contributed by atoms with E-state index < -0.39 is 0 Å². The first-order valence-corrected chi connectivity index (χ1v) is 5.91. The van der Waals surface area contributed by atoms with Crippen LogP contribution >= 0.6 is 22.9 Å². The zero-order chi connectivity index (χ0) is 11.7. The Balaban J connectivity index is 2.65. The van der Waals surface area contributed by atoms with Gasteiger partial charge in [0, 0.05) is 4.88 Å². The maximum absolute atomic E-state index is 11.7. The molecule has 0 radical (unpaired) electrons. The third-order valence-corrected chi connectivity index (χ3v) is 3.58. The second-order valence-electron chi connectivity index (χ2n) is 3.10. The summed E-state index contributed by atoms with van der Waals surface area (Å²) in [5.41, 5.74) is 1.06. The number of aromatic nitrogens is 2. The first kappa shape index (κ1) is 11.3. The molecule has 2 aromatic rings. The standard InChI is InChI=1S/C10H9ClN2O2S/c1-3-15-10(14)6-5(2)16-8-7(6)12-4-13-9(8)11/h4H,3H2,1-2H3. The van der Waals surface area contributed by atoms with Crippen LogP contribution in [0.2, 0.25) is 5.15 Å². The average Bonchev–Trinajstić information content (AvgIpc) is 2.56. The van der Waals surface area contributed by atoms with E-state index in [1.807, 2.05) is 6.92 Å². The zero-order valence-corrected chi connectivity index (χ0v) is 10.4. The number of esters is 1. The van der Waals surface area contributed by atoms with Crippen LogP contribution in [0.5, 0.6) is 0 Å². The van der Waals surface area contributed by atoms with Gasteiger partial charge in [-0.25, -0.2) is 14.8 Å². The zero-order valence-electron chi connectivity index (χ0n) is 8.78. The Bertz CT molecular complexity index is 553. The first-order chi connectivity index (χ1) is 7.65. The average molecular weight is 257 g/mol. The highest BCUT2D eigenvalue weighted by atomic mass is 35.5. The van der Waals surface area contributed by atoms with Gasteiger partial charge < -0.3 is 4.74 Å². The summed E-state index contributed by atoms with van der Waals surface area (Å²) in [5.74, 6) is -0.360. The van der Waals surface area contributed by atoms with Crippen LogP contribution in [-0.2, 0) is 4.74 Å². The Morgan fingerprint density at radius 2 is 2.31 bits per heavy atom. The molecule has 0 amide bonds. The van der Waals surface area contributed by atoms with Crippen LogP contribution in [0.3, 0.4) is 0 Å². The Kier molecular flexibility index (Phi) is 3.07. The lowest BCUT2D eigenvalue weighted by molar-refractivity contribution is 0.0528. The number of carbonyl (C=O) groups is 1. The van der Waals surface area contributed by atoms with Crippen molar-refractivity contribution in [2.45, 2.75) is 13.8 Å². The van der Waals surface area contributed by atoms with Crippen molar-refractivity contribution in [3.8, 4) is 0 Å². The highest BCUT2D eigenvalue weighted by Gasteiger charge is 2.20. The lowest BCUT2D eigenvalue weighted by Crippen LogP contribution is -2.05. The van der Waals surface area contributed by atoms with Crippen molar-refractivity contribution in [3.05, 3.63) is 21.9 Å². The molecular weight excluding hydrogens is 248 g/mol. The van der Waals surface area contributed by atoms with Crippen molar-refractivity contribution < 1.29 is 9.53 Å². The smallest absolute Gasteiger partial charge is 0.341 e. The van der Waals surface area contributed by atoms with Crippen LogP contribution in [0.15, 0.2) is 6.33 Å². The molecule has 0 saturated heterocycles. The van der Waals surface area contributed by atoms with Gasteiger partial charge in [-0.05, 0) is 13.8 Å². The third-order valence-electron chi connectivity index (χ3n) is 2.08. The minimum Gasteiger partial charge on any atom is -0.462 e. The Morgan fingerprint density at radius 1 is 1.56 bits per heavy atom. The van der Waals surface area contributed by atoms with Crippen LogP contribution in [0.1, 0.15) is 22.2 Å². The molecule has 2 aromatic heterocycles. The maximum atomic E-state index is 11.7. The second-order valence-corrected chi connectivity index (χ2v) is 4.68. The van der Waals surface area contributed by atoms with Gasteiger partial charge in [0.1, 0.15) is 17.0 Å². The van der Waals surface area contributed by atoms with E-state index in [-0.39, 0.29) is 5.97 Å². The van der Waals surface area contributed by atoms with Crippen molar-refractivity contribution in [2.24, 2.45) is 0 Å². The molecular formula is C10H9ClN2O2S.